The van der Waals surface area contributed by atoms with Crippen molar-refractivity contribution in [2.45, 2.75) is 32.2 Å². The van der Waals surface area contributed by atoms with Crippen LogP contribution in [0.2, 0.25) is 0 Å². The lowest BCUT2D eigenvalue weighted by Crippen LogP contribution is -2.43. The second kappa shape index (κ2) is 6.94. The van der Waals surface area contributed by atoms with Crippen molar-refractivity contribution in [3.8, 4) is 0 Å². The van der Waals surface area contributed by atoms with Crippen LogP contribution in [0.5, 0.6) is 0 Å². The van der Waals surface area contributed by atoms with E-state index in [1.807, 2.05) is 0 Å². The summed E-state index contributed by atoms with van der Waals surface area (Å²) in [6, 6.07) is -1.01. The molecule has 15 heavy (non-hydrogen) atoms. The fourth-order valence-electron chi connectivity index (χ4n) is 1.01. The molecule has 6 heteroatoms. The van der Waals surface area contributed by atoms with Crippen molar-refractivity contribution in [2.24, 2.45) is 5.73 Å². The van der Waals surface area contributed by atoms with Crippen LogP contribution in [-0.4, -0.2) is 35.4 Å². The number of ketones is 1. The summed E-state index contributed by atoms with van der Waals surface area (Å²) in [7, 11) is 0. The minimum atomic E-state index is -1.14. The molecule has 0 aliphatic rings. The van der Waals surface area contributed by atoms with E-state index in [2.05, 4.69) is 5.32 Å². The molecular weight excluding hydrogens is 200 g/mol. The summed E-state index contributed by atoms with van der Waals surface area (Å²) in [6.45, 7) is 1.57. The Morgan fingerprint density at radius 1 is 1.33 bits per heavy atom. The van der Waals surface area contributed by atoms with Gasteiger partial charge in [-0.3, -0.25) is 9.59 Å². The monoisotopic (exact) mass is 216 g/mol. The Kier molecular flexibility index (Phi) is 6.28. The Bertz CT molecular complexity index is 252. The summed E-state index contributed by atoms with van der Waals surface area (Å²) in [4.78, 5) is 32.2. The van der Waals surface area contributed by atoms with Crippen LogP contribution in [0, 0.1) is 0 Å². The van der Waals surface area contributed by atoms with Gasteiger partial charge in [0.2, 0.25) is 5.78 Å². The number of hydrogen-bond acceptors (Lipinski definition) is 4. The van der Waals surface area contributed by atoms with Crippen LogP contribution in [0.25, 0.3) is 0 Å². The minimum absolute atomic E-state index is 0.283. The molecule has 0 aliphatic carbocycles. The third-order valence-corrected chi connectivity index (χ3v) is 1.87. The summed E-state index contributed by atoms with van der Waals surface area (Å²) in [5.41, 5.74) is 5.25. The number of hydrogen-bond donors (Lipinski definition) is 3. The number of amides is 1. The summed E-state index contributed by atoms with van der Waals surface area (Å²) in [6.07, 6.45) is 1.58. The smallest absolute Gasteiger partial charge is 0.326 e. The first-order valence-corrected chi connectivity index (χ1v) is 4.73. The van der Waals surface area contributed by atoms with E-state index in [0.717, 1.165) is 6.92 Å². The summed E-state index contributed by atoms with van der Waals surface area (Å²) in [5.74, 6) is -2.70. The van der Waals surface area contributed by atoms with Crippen LogP contribution < -0.4 is 11.1 Å². The summed E-state index contributed by atoms with van der Waals surface area (Å²) in [5, 5.41) is 10.9. The van der Waals surface area contributed by atoms with Gasteiger partial charge >= 0.3 is 5.97 Å². The Labute approximate surface area is 87.8 Å². The Morgan fingerprint density at radius 3 is 2.33 bits per heavy atom. The molecule has 0 radical (unpaired) electrons. The first-order valence-electron chi connectivity index (χ1n) is 4.73. The van der Waals surface area contributed by atoms with Gasteiger partial charge in [-0.25, -0.2) is 4.79 Å². The number of carboxylic acids is 1. The van der Waals surface area contributed by atoms with Gasteiger partial charge in [0.1, 0.15) is 6.04 Å². The first-order chi connectivity index (χ1) is 6.99. The third-order valence-electron chi connectivity index (χ3n) is 1.87. The Morgan fingerprint density at radius 2 is 1.93 bits per heavy atom. The second-order valence-corrected chi connectivity index (χ2v) is 3.20. The van der Waals surface area contributed by atoms with Gasteiger partial charge in [-0.2, -0.15) is 0 Å². The predicted molar refractivity (Wildman–Crippen MR) is 53.2 cm³/mol. The van der Waals surface area contributed by atoms with Crippen LogP contribution in [0.3, 0.4) is 0 Å². The van der Waals surface area contributed by atoms with Crippen LogP contribution >= 0.6 is 0 Å². The Balaban J connectivity index is 4.10. The Hall–Kier alpha value is -1.43. The van der Waals surface area contributed by atoms with E-state index in [0.29, 0.717) is 19.4 Å². The van der Waals surface area contributed by atoms with E-state index in [-0.39, 0.29) is 6.42 Å². The van der Waals surface area contributed by atoms with Gasteiger partial charge in [0.25, 0.3) is 5.91 Å². The quantitative estimate of drug-likeness (QED) is 0.384. The number of aliphatic carboxylic acids is 1. The average Bonchev–Trinajstić information content (AvgIpc) is 2.15. The molecule has 0 heterocycles. The van der Waals surface area contributed by atoms with Crippen molar-refractivity contribution in [2.75, 3.05) is 6.54 Å². The summed E-state index contributed by atoms with van der Waals surface area (Å²) < 4.78 is 0. The standard InChI is InChI=1S/C9H16N2O4/c1-6(12)8(13)11-7(9(14)15)4-2-3-5-10/h7H,2-5,10H2,1H3,(H,11,13)(H,14,15)/t7-/m0/s1. The van der Waals surface area contributed by atoms with Crippen LogP contribution in [-0.2, 0) is 14.4 Å². The molecule has 0 bridgehead atoms. The zero-order valence-electron chi connectivity index (χ0n) is 8.66. The van der Waals surface area contributed by atoms with Crippen molar-refractivity contribution in [3.63, 3.8) is 0 Å². The average molecular weight is 216 g/mol. The molecule has 86 valence electrons. The SMILES string of the molecule is CC(=O)C(=O)N[C@@H](CCCCN)C(=O)O. The fourth-order valence-corrected chi connectivity index (χ4v) is 1.01. The molecule has 0 saturated carbocycles. The van der Waals surface area contributed by atoms with Gasteiger partial charge in [0.05, 0.1) is 0 Å². The molecule has 0 saturated heterocycles. The number of rotatable bonds is 7. The van der Waals surface area contributed by atoms with Gasteiger partial charge in [0.15, 0.2) is 0 Å². The van der Waals surface area contributed by atoms with E-state index in [9.17, 15) is 14.4 Å². The molecule has 4 N–H and O–H groups in total. The van der Waals surface area contributed by atoms with Crippen molar-refractivity contribution in [1.82, 2.24) is 5.32 Å². The van der Waals surface area contributed by atoms with Crippen molar-refractivity contribution < 1.29 is 19.5 Å². The normalized spacial score (nSPS) is 11.9. The highest BCUT2D eigenvalue weighted by Crippen LogP contribution is 2.00. The van der Waals surface area contributed by atoms with E-state index >= 15 is 0 Å². The van der Waals surface area contributed by atoms with E-state index in [1.165, 1.54) is 0 Å². The molecule has 1 amide bonds. The highest BCUT2D eigenvalue weighted by molar-refractivity contribution is 6.35. The molecule has 0 aromatic carbocycles. The van der Waals surface area contributed by atoms with Gasteiger partial charge < -0.3 is 16.2 Å². The van der Waals surface area contributed by atoms with Gasteiger partial charge in [-0.1, -0.05) is 0 Å². The molecule has 1 atom stereocenters. The molecular formula is C9H16N2O4. The van der Waals surface area contributed by atoms with Crippen molar-refractivity contribution in [1.29, 1.82) is 0 Å². The molecule has 0 fully saturated rings. The zero-order chi connectivity index (χ0) is 11.8. The lowest BCUT2D eigenvalue weighted by Gasteiger charge is -2.12. The second-order valence-electron chi connectivity index (χ2n) is 3.20. The van der Waals surface area contributed by atoms with Crippen LogP contribution in [0.15, 0.2) is 0 Å². The molecule has 6 nitrogen and oxygen atoms in total. The molecule has 0 spiro atoms. The molecule has 0 aromatic rings. The van der Waals surface area contributed by atoms with E-state index in [1.54, 1.807) is 0 Å². The maximum absolute atomic E-state index is 10.9. The maximum atomic E-state index is 10.9. The topological polar surface area (TPSA) is 109 Å². The highest BCUT2D eigenvalue weighted by Gasteiger charge is 2.20. The molecule has 0 aliphatic heterocycles. The number of carbonyl (C=O) groups is 3. The lowest BCUT2D eigenvalue weighted by atomic mass is 10.1. The fraction of sp³-hybridized carbons (Fsp3) is 0.667. The first kappa shape index (κ1) is 13.6. The van der Waals surface area contributed by atoms with Crippen LogP contribution in [0.4, 0.5) is 0 Å². The number of Topliss-reactive ketones (excluding diaryl/α,β-unsaturated/α-hetero) is 1. The minimum Gasteiger partial charge on any atom is -0.480 e. The van der Waals surface area contributed by atoms with Gasteiger partial charge in [-0.05, 0) is 25.8 Å². The van der Waals surface area contributed by atoms with Gasteiger partial charge in [-0.15, -0.1) is 0 Å². The summed E-state index contributed by atoms with van der Waals surface area (Å²) >= 11 is 0. The van der Waals surface area contributed by atoms with E-state index in [4.69, 9.17) is 10.8 Å². The van der Waals surface area contributed by atoms with Gasteiger partial charge in [0, 0.05) is 6.92 Å². The number of carbonyl (C=O) groups excluding carboxylic acids is 2. The van der Waals surface area contributed by atoms with Crippen LogP contribution in [0.1, 0.15) is 26.2 Å². The van der Waals surface area contributed by atoms with Crippen molar-refractivity contribution in [3.05, 3.63) is 0 Å². The van der Waals surface area contributed by atoms with E-state index < -0.39 is 23.7 Å². The largest absolute Gasteiger partial charge is 0.480 e. The molecule has 0 rings (SSSR count). The zero-order valence-corrected chi connectivity index (χ0v) is 8.66. The number of carboxylic acid groups (broad SMARTS) is 1. The number of nitrogens with one attached hydrogen (secondary N) is 1. The lowest BCUT2D eigenvalue weighted by molar-refractivity contribution is -0.144. The highest BCUT2D eigenvalue weighted by atomic mass is 16.4. The number of unbranched alkanes of at least 4 members (excludes halogenated alkanes) is 1. The maximum Gasteiger partial charge on any atom is 0.326 e. The van der Waals surface area contributed by atoms with Crippen molar-refractivity contribution >= 4 is 17.7 Å². The predicted octanol–water partition coefficient (Wildman–Crippen LogP) is -0.726. The third kappa shape index (κ3) is 5.79. The number of nitrogens with two attached hydrogens (primary N) is 1. The molecule has 0 aromatic heterocycles. The molecule has 0 unspecified atom stereocenters.